The van der Waals surface area contributed by atoms with E-state index < -0.39 is 9.84 Å². The largest absolute Gasteiger partial charge is 0.312 e. The number of rotatable bonds is 5. The summed E-state index contributed by atoms with van der Waals surface area (Å²) in [5, 5.41) is 3.41. The topological polar surface area (TPSA) is 49.4 Å². The molecule has 0 bridgehead atoms. The van der Waals surface area contributed by atoms with Gasteiger partial charge in [-0.15, -0.1) is 0 Å². The minimum Gasteiger partial charge on any atom is -0.312 e. The maximum absolute atomic E-state index is 11.4. The summed E-state index contributed by atoms with van der Waals surface area (Å²) in [6.45, 7) is 6.71. The van der Waals surface area contributed by atoms with Gasteiger partial charge in [0.25, 0.3) is 0 Å². The average Bonchev–Trinajstić information content (AvgIpc) is 2.60. The zero-order valence-corrected chi connectivity index (χ0v) is 12.9. The van der Waals surface area contributed by atoms with Gasteiger partial charge in [0.2, 0.25) is 0 Å². The molecular formula is C14H28N2O2S. The molecule has 0 aliphatic carbocycles. The molecule has 0 amide bonds. The molecular weight excluding hydrogens is 260 g/mol. The second-order valence-corrected chi connectivity index (χ2v) is 8.33. The van der Waals surface area contributed by atoms with E-state index in [1.165, 1.54) is 38.8 Å². The Hall–Kier alpha value is -0.130. The van der Waals surface area contributed by atoms with Crippen molar-refractivity contribution >= 4 is 9.84 Å². The van der Waals surface area contributed by atoms with Crippen LogP contribution in [0.4, 0.5) is 0 Å². The lowest BCUT2D eigenvalue weighted by atomic mass is 9.98. The van der Waals surface area contributed by atoms with Crippen LogP contribution in [0.5, 0.6) is 0 Å². The number of nitrogens with zero attached hydrogens (tertiary/aromatic N) is 1. The molecule has 0 radical (unpaired) electrons. The van der Waals surface area contributed by atoms with E-state index in [9.17, 15) is 8.42 Å². The van der Waals surface area contributed by atoms with Gasteiger partial charge >= 0.3 is 0 Å². The van der Waals surface area contributed by atoms with E-state index in [0.29, 0.717) is 11.5 Å². The molecule has 0 saturated carbocycles. The number of hydrogen-bond acceptors (Lipinski definition) is 4. The molecule has 2 aliphatic rings. The van der Waals surface area contributed by atoms with Gasteiger partial charge in [-0.25, -0.2) is 8.42 Å². The van der Waals surface area contributed by atoms with Gasteiger partial charge in [0.1, 0.15) is 0 Å². The van der Waals surface area contributed by atoms with Crippen LogP contribution in [0, 0.1) is 5.92 Å². The fourth-order valence-corrected chi connectivity index (χ4v) is 4.95. The summed E-state index contributed by atoms with van der Waals surface area (Å²) < 4.78 is 22.7. The summed E-state index contributed by atoms with van der Waals surface area (Å²) in [5.41, 5.74) is 0. The van der Waals surface area contributed by atoms with E-state index in [4.69, 9.17) is 0 Å². The predicted molar refractivity (Wildman–Crippen MR) is 79.1 cm³/mol. The monoisotopic (exact) mass is 288 g/mol. The SMILES string of the molecule is CCC1CCCN(CCNC2CCS(=O)(=O)C2)CC1. The van der Waals surface area contributed by atoms with Gasteiger partial charge in [0.15, 0.2) is 9.84 Å². The van der Waals surface area contributed by atoms with Crippen LogP contribution in [0.25, 0.3) is 0 Å². The highest BCUT2D eigenvalue weighted by molar-refractivity contribution is 7.91. The summed E-state index contributed by atoms with van der Waals surface area (Å²) in [6, 6.07) is 0.195. The van der Waals surface area contributed by atoms with Gasteiger partial charge < -0.3 is 10.2 Å². The number of sulfone groups is 1. The van der Waals surface area contributed by atoms with Crippen LogP contribution in [-0.2, 0) is 9.84 Å². The Morgan fingerprint density at radius 3 is 2.74 bits per heavy atom. The van der Waals surface area contributed by atoms with Crippen molar-refractivity contribution in [1.82, 2.24) is 10.2 Å². The minimum absolute atomic E-state index is 0.195. The van der Waals surface area contributed by atoms with Crippen LogP contribution in [0.3, 0.4) is 0 Å². The summed E-state index contributed by atoms with van der Waals surface area (Å²) >= 11 is 0. The number of likely N-dealkylation sites (tertiary alicyclic amines) is 1. The van der Waals surface area contributed by atoms with E-state index in [1.54, 1.807) is 0 Å². The normalized spacial score (nSPS) is 32.3. The van der Waals surface area contributed by atoms with Gasteiger partial charge in [-0.3, -0.25) is 0 Å². The fourth-order valence-electron chi connectivity index (χ4n) is 3.24. The van der Waals surface area contributed by atoms with E-state index in [0.717, 1.165) is 25.4 Å². The lowest BCUT2D eigenvalue weighted by Crippen LogP contribution is -2.38. The third kappa shape index (κ3) is 5.04. The second kappa shape index (κ2) is 7.04. The molecule has 2 atom stereocenters. The molecule has 19 heavy (non-hydrogen) atoms. The Morgan fingerprint density at radius 2 is 2.05 bits per heavy atom. The highest BCUT2D eigenvalue weighted by Gasteiger charge is 2.27. The van der Waals surface area contributed by atoms with Crippen molar-refractivity contribution in [2.45, 2.75) is 45.1 Å². The van der Waals surface area contributed by atoms with Crippen LogP contribution < -0.4 is 5.32 Å². The lowest BCUT2D eigenvalue weighted by Gasteiger charge is -2.21. The van der Waals surface area contributed by atoms with Crippen molar-refractivity contribution in [3.63, 3.8) is 0 Å². The first-order chi connectivity index (χ1) is 9.09. The molecule has 2 fully saturated rings. The Labute approximate surface area is 117 Å². The summed E-state index contributed by atoms with van der Waals surface area (Å²) in [5.74, 6) is 1.62. The van der Waals surface area contributed by atoms with E-state index in [1.807, 2.05) is 0 Å². The third-order valence-electron chi connectivity index (χ3n) is 4.61. The zero-order chi connectivity index (χ0) is 13.7. The first-order valence-electron chi connectivity index (χ1n) is 7.75. The van der Waals surface area contributed by atoms with Crippen molar-refractivity contribution < 1.29 is 8.42 Å². The molecule has 1 N–H and O–H groups in total. The summed E-state index contributed by atoms with van der Waals surface area (Å²) in [7, 11) is -2.74. The second-order valence-electron chi connectivity index (χ2n) is 6.10. The summed E-state index contributed by atoms with van der Waals surface area (Å²) in [6.07, 6.45) is 6.12. The molecule has 0 aromatic rings. The van der Waals surface area contributed by atoms with E-state index in [-0.39, 0.29) is 6.04 Å². The minimum atomic E-state index is -2.74. The van der Waals surface area contributed by atoms with Gasteiger partial charge in [0, 0.05) is 19.1 Å². The number of hydrogen-bond donors (Lipinski definition) is 1. The molecule has 2 saturated heterocycles. The zero-order valence-electron chi connectivity index (χ0n) is 12.1. The van der Waals surface area contributed by atoms with Gasteiger partial charge in [-0.2, -0.15) is 0 Å². The lowest BCUT2D eigenvalue weighted by molar-refractivity contribution is 0.276. The smallest absolute Gasteiger partial charge is 0.151 e. The highest BCUT2D eigenvalue weighted by Crippen LogP contribution is 2.19. The van der Waals surface area contributed by atoms with Crippen LogP contribution in [0.2, 0.25) is 0 Å². The fraction of sp³-hybridized carbons (Fsp3) is 1.00. The van der Waals surface area contributed by atoms with Crippen molar-refractivity contribution in [2.75, 3.05) is 37.7 Å². The van der Waals surface area contributed by atoms with Crippen molar-refractivity contribution in [3.8, 4) is 0 Å². The molecule has 112 valence electrons. The Kier molecular flexibility index (Phi) is 5.66. The first kappa shape index (κ1) is 15.3. The molecule has 2 unspecified atom stereocenters. The summed E-state index contributed by atoms with van der Waals surface area (Å²) in [4.78, 5) is 2.53. The van der Waals surface area contributed by atoms with Gasteiger partial charge in [-0.1, -0.05) is 13.3 Å². The van der Waals surface area contributed by atoms with Crippen molar-refractivity contribution in [1.29, 1.82) is 0 Å². The Bertz CT molecular complexity index is 370. The van der Waals surface area contributed by atoms with Crippen LogP contribution in [0.15, 0.2) is 0 Å². The molecule has 2 aliphatic heterocycles. The first-order valence-corrected chi connectivity index (χ1v) is 9.57. The third-order valence-corrected chi connectivity index (χ3v) is 6.38. The molecule has 5 heteroatoms. The Morgan fingerprint density at radius 1 is 1.21 bits per heavy atom. The quantitative estimate of drug-likeness (QED) is 0.828. The van der Waals surface area contributed by atoms with Gasteiger partial charge in [-0.05, 0) is 44.7 Å². The molecule has 4 nitrogen and oxygen atoms in total. The van der Waals surface area contributed by atoms with Gasteiger partial charge in [0.05, 0.1) is 11.5 Å². The predicted octanol–water partition coefficient (Wildman–Crippen LogP) is 1.28. The maximum atomic E-state index is 11.4. The molecule has 2 rings (SSSR count). The molecule has 0 aromatic carbocycles. The average molecular weight is 288 g/mol. The van der Waals surface area contributed by atoms with Crippen molar-refractivity contribution in [2.24, 2.45) is 5.92 Å². The molecule has 0 spiro atoms. The van der Waals surface area contributed by atoms with Crippen LogP contribution in [-0.4, -0.2) is 57.0 Å². The van der Waals surface area contributed by atoms with E-state index >= 15 is 0 Å². The number of nitrogens with one attached hydrogen (secondary N) is 1. The highest BCUT2D eigenvalue weighted by atomic mass is 32.2. The van der Waals surface area contributed by atoms with Crippen LogP contribution in [0.1, 0.15) is 39.0 Å². The molecule has 2 heterocycles. The Balaban J connectivity index is 1.63. The standard InChI is InChI=1S/C14H28N2O2S/c1-2-13-4-3-8-16(9-5-13)10-7-15-14-6-11-19(17,18)12-14/h13-15H,2-12H2,1H3. The maximum Gasteiger partial charge on any atom is 0.151 e. The van der Waals surface area contributed by atoms with Crippen molar-refractivity contribution in [3.05, 3.63) is 0 Å². The van der Waals surface area contributed by atoms with Crippen LogP contribution >= 0.6 is 0 Å². The molecule has 0 aromatic heterocycles. The van der Waals surface area contributed by atoms with E-state index in [2.05, 4.69) is 17.1 Å².